The average Bonchev–Trinajstić information content (AvgIpc) is 2.72. The largest absolute Gasteiger partial charge is 0.353 e. The maximum absolute atomic E-state index is 12.3. The third kappa shape index (κ3) is 4.37. The number of hydrogen-bond donors (Lipinski definition) is 0. The number of carbonyl (C=O) groups is 1. The summed E-state index contributed by atoms with van der Waals surface area (Å²) in [6.07, 6.45) is 8.70. The van der Waals surface area contributed by atoms with Crippen LogP contribution in [0.3, 0.4) is 0 Å². The van der Waals surface area contributed by atoms with Crippen LogP contribution in [0.2, 0.25) is 0 Å². The predicted octanol–water partition coefficient (Wildman–Crippen LogP) is 2.87. The first kappa shape index (κ1) is 17.4. The lowest BCUT2D eigenvalue weighted by Crippen LogP contribution is -2.48. The first-order valence-electron chi connectivity index (χ1n) is 8.57. The summed E-state index contributed by atoms with van der Waals surface area (Å²) in [4.78, 5) is 20.7. The second-order valence-corrected chi connectivity index (χ2v) is 5.92. The molecule has 1 saturated heterocycles. The number of hydrogen-bond acceptors (Lipinski definition) is 4. The Bertz CT molecular complexity index is 844. The van der Waals surface area contributed by atoms with Gasteiger partial charge in [0.25, 0.3) is 0 Å². The Morgan fingerprint density at radius 2 is 1.81 bits per heavy atom. The highest BCUT2D eigenvalue weighted by atomic mass is 16.2. The Morgan fingerprint density at radius 3 is 2.54 bits per heavy atom. The van der Waals surface area contributed by atoms with Crippen LogP contribution in [0.15, 0.2) is 66.9 Å². The van der Waals surface area contributed by atoms with Gasteiger partial charge in [-0.25, -0.2) is 4.98 Å². The minimum atomic E-state index is 0.00360. The summed E-state index contributed by atoms with van der Waals surface area (Å²) in [7, 11) is 0. The lowest BCUT2D eigenvalue weighted by Gasteiger charge is -2.34. The minimum Gasteiger partial charge on any atom is -0.353 e. The number of nitrogens with zero attached hydrogens (tertiary/aromatic N) is 4. The van der Waals surface area contributed by atoms with Crippen molar-refractivity contribution < 1.29 is 4.79 Å². The van der Waals surface area contributed by atoms with Gasteiger partial charge >= 0.3 is 0 Å². The molecule has 0 radical (unpaired) electrons. The van der Waals surface area contributed by atoms with Crippen LogP contribution < -0.4 is 4.90 Å². The first-order chi connectivity index (χ1) is 12.8. The molecule has 1 aromatic heterocycles. The van der Waals surface area contributed by atoms with Crippen molar-refractivity contribution in [2.24, 2.45) is 0 Å². The molecule has 1 fully saturated rings. The molecule has 0 N–H and O–H groups in total. The summed E-state index contributed by atoms with van der Waals surface area (Å²) < 4.78 is 0. The van der Waals surface area contributed by atoms with E-state index in [1.807, 2.05) is 47.4 Å². The van der Waals surface area contributed by atoms with Crippen molar-refractivity contribution in [2.45, 2.75) is 0 Å². The van der Waals surface area contributed by atoms with Crippen LogP contribution in [-0.4, -0.2) is 42.0 Å². The molecular weight excluding hydrogens is 324 g/mol. The third-order valence-electron chi connectivity index (χ3n) is 4.27. The topological polar surface area (TPSA) is 60.2 Å². The van der Waals surface area contributed by atoms with E-state index in [9.17, 15) is 4.79 Å². The van der Waals surface area contributed by atoms with Gasteiger partial charge in [0.1, 0.15) is 5.82 Å². The number of allylic oxidation sites excluding steroid dienone is 2. The van der Waals surface area contributed by atoms with Crippen LogP contribution in [-0.2, 0) is 4.79 Å². The standard InChI is InChI=1S/C21H20N4O/c22-17-19-9-2-1-7-18(19)8-3-4-11-21(26)25-15-13-24(14-16-25)20-10-5-6-12-23-20/h1-12H,13-16H2. The molecule has 5 nitrogen and oxygen atoms in total. The van der Waals surface area contributed by atoms with E-state index in [2.05, 4.69) is 16.0 Å². The van der Waals surface area contributed by atoms with E-state index in [1.165, 1.54) is 0 Å². The number of amides is 1. The number of piperazine rings is 1. The van der Waals surface area contributed by atoms with Crippen molar-refractivity contribution in [3.05, 3.63) is 78.0 Å². The molecular formula is C21H20N4O. The smallest absolute Gasteiger partial charge is 0.246 e. The van der Waals surface area contributed by atoms with Gasteiger partial charge in [0.2, 0.25) is 5.91 Å². The summed E-state index contributed by atoms with van der Waals surface area (Å²) in [5.74, 6) is 0.957. The quantitative estimate of drug-likeness (QED) is 0.632. The SMILES string of the molecule is N#Cc1ccccc1C=CC=CC(=O)N1CCN(c2ccccn2)CC1. The monoisotopic (exact) mass is 344 g/mol. The van der Waals surface area contributed by atoms with Crippen molar-refractivity contribution in [2.75, 3.05) is 31.1 Å². The van der Waals surface area contributed by atoms with E-state index in [-0.39, 0.29) is 5.91 Å². The van der Waals surface area contributed by atoms with Crippen LogP contribution in [0, 0.1) is 11.3 Å². The number of aromatic nitrogens is 1. The third-order valence-corrected chi connectivity index (χ3v) is 4.27. The van der Waals surface area contributed by atoms with E-state index >= 15 is 0 Å². The van der Waals surface area contributed by atoms with Gasteiger partial charge in [0.05, 0.1) is 11.6 Å². The molecule has 2 aromatic rings. The molecule has 26 heavy (non-hydrogen) atoms. The van der Waals surface area contributed by atoms with E-state index in [4.69, 9.17) is 5.26 Å². The van der Waals surface area contributed by atoms with E-state index in [0.29, 0.717) is 18.7 Å². The summed E-state index contributed by atoms with van der Waals surface area (Å²) in [5.41, 5.74) is 1.46. The molecule has 130 valence electrons. The first-order valence-corrected chi connectivity index (χ1v) is 8.57. The van der Waals surface area contributed by atoms with Gasteiger partial charge < -0.3 is 9.80 Å². The molecule has 1 aromatic carbocycles. The lowest BCUT2D eigenvalue weighted by atomic mass is 10.1. The number of rotatable bonds is 4. The molecule has 5 heteroatoms. The normalized spacial score (nSPS) is 14.7. The lowest BCUT2D eigenvalue weighted by molar-refractivity contribution is -0.126. The molecule has 1 amide bonds. The fourth-order valence-corrected chi connectivity index (χ4v) is 2.84. The van der Waals surface area contributed by atoms with E-state index in [1.54, 1.807) is 30.5 Å². The molecule has 0 atom stereocenters. The number of nitriles is 1. The molecule has 0 aliphatic carbocycles. The highest BCUT2D eigenvalue weighted by Gasteiger charge is 2.19. The summed E-state index contributed by atoms with van der Waals surface area (Å²) in [5, 5.41) is 9.07. The molecule has 0 saturated carbocycles. The van der Waals surface area contributed by atoms with Gasteiger partial charge in [-0.1, -0.05) is 42.5 Å². The second-order valence-electron chi connectivity index (χ2n) is 5.92. The molecule has 1 aliphatic heterocycles. The zero-order chi connectivity index (χ0) is 18.2. The number of carbonyl (C=O) groups excluding carboxylic acids is 1. The Morgan fingerprint density at radius 1 is 1.04 bits per heavy atom. The van der Waals surface area contributed by atoms with Crippen molar-refractivity contribution >= 4 is 17.8 Å². The van der Waals surface area contributed by atoms with Crippen LogP contribution in [0.25, 0.3) is 6.08 Å². The zero-order valence-electron chi connectivity index (χ0n) is 14.5. The van der Waals surface area contributed by atoms with Gasteiger partial charge in [-0.3, -0.25) is 4.79 Å². The highest BCUT2D eigenvalue weighted by molar-refractivity contribution is 5.88. The van der Waals surface area contributed by atoms with Crippen LogP contribution >= 0.6 is 0 Å². The Labute approximate surface area is 153 Å². The molecule has 0 unspecified atom stereocenters. The van der Waals surface area contributed by atoms with Crippen molar-refractivity contribution in [1.82, 2.24) is 9.88 Å². The summed E-state index contributed by atoms with van der Waals surface area (Å²) in [6, 6.07) is 15.4. The van der Waals surface area contributed by atoms with Gasteiger partial charge in [-0.05, 0) is 23.8 Å². The Balaban J connectivity index is 1.52. The van der Waals surface area contributed by atoms with Crippen molar-refractivity contribution in [3.63, 3.8) is 0 Å². The average molecular weight is 344 g/mol. The molecule has 0 spiro atoms. The maximum atomic E-state index is 12.3. The zero-order valence-corrected chi connectivity index (χ0v) is 14.5. The van der Waals surface area contributed by atoms with Crippen LogP contribution in [0.4, 0.5) is 5.82 Å². The highest BCUT2D eigenvalue weighted by Crippen LogP contribution is 2.13. The fourth-order valence-electron chi connectivity index (χ4n) is 2.84. The number of benzene rings is 1. The van der Waals surface area contributed by atoms with E-state index < -0.39 is 0 Å². The summed E-state index contributed by atoms with van der Waals surface area (Å²) in [6.45, 7) is 2.92. The Hall–Kier alpha value is -3.39. The molecule has 2 heterocycles. The van der Waals surface area contributed by atoms with E-state index in [0.717, 1.165) is 24.5 Å². The van der Waals surface area contributed by atoms with Crippen LogP contribution in [0.5, 0.6) is 0 Å². The molecule has 1 aliphatic rings. The van der Waals surface area contributed by atoms with Crippen molar-refractivity contribution in [1.29, 1.82) is 5.26 Å². The van der Waals surface area contributed by atoms with Gasteiger partial charge in [-0.2, -0.15) is 5.26 Å². The predicted molar refractivity (Wildman–Crippen MR) is 102 cm³/mol. The van der Waals surface area contributed by atoms with Gasteiger partial charge in [-0.15, -0.1) is 0 Å². The minimum absolute atomic E-state index is 0.00360. The maximum Gasteiger partial charge on any atom is 0.246 e. The number of pyridine rings is 1. The summed E-state index contributed by atoms with van der Waals surface area (Å²) >= 11 is 0. The van der Waals surface area contributed by atoms with Crippen LogP contribution in [0.1, 0.15) is 11.1 Å². The molecule has 3 rings (SSSR count). The second kappa shape index (κ2) is 8.63. The molecule has 0 bridgehead atoms. The number of anilines is 1. The fraction of sp³-hybridized carbons (Fsp3) is 0.190. The van der Waals surface area contributed by atoms with Gasteiger partial charge in [0, 0.05) is 38.5 Å². The Kier molecular flexibility index (Phi) is 5.79. The van der Waals surface area contributed by atoms with Gasteiger partial charge in [0.15, 0.2) is 0 Å². The van der Waals surface area contributed by atoms with Crippen molar-refractivity contribution in [3.8, 4) is 6.07 Å².